The molecule has 0 saturated carbocycles. The Labute approximate surface area is 145 Å². The summed E-state index contributed by atoms with van der Waals surface area (Å²) in [4.78, 5) is 11.2. The molecule has 0 fully saturated rings. The van der Waals surface area contributed by atoms with Gasteiger partial charge in [-0.3, -0.25) is 4.79 Å². The molecule has 2 aromatic rings. The second-order valence-corrected chi connectivity index (χ2v) is 8.32. The molecule has 0 aromatic heterocycles. The minimum Gasteiger partial charge on any atom is -0.489 e. The minimum absolute atomic E-state index is 0.0131. The van der Waals surface area contributed by atoms with Crippen LogP contribution in [0.5, 0.6) is 5.75 Å². The zero-order valence-corrected chi connectivity index (χ0v) is 15.6. The fraction of sp³-hybridized carbons (Fsp3) is 0.409. The van der Waals surface area contributed by atoms with Crippen LogP contribution >= 0.6 is 0 Å². The number of benzene rings is 2. The molecule has 0 heterocycles. The van der Waals surface area contributed by atoms with E-state index in [1.165, 1.54) is 11.1 Å². The van der Waals surface area contributed by atoms with Crippen molar-refractivity contribution in [3.05, 3.63) is 64.7 Å². The summed E-state index contributed by atoms with van der Waals surface area (Å²) in [5.41, 5.74) is 4.17. The van der Waals surface area contributed by atoms with Gasteiger partial charge < -0.3 is 4.74 Å². The average molecular weight is 324 g/mol. The van der Waals surface area contributed by atoms with Crippen LogP contribution in [0.1, 0.15) is 68.6 Å². The van der Waals surface area contributed by atoms with Crippen LogP contribution in [0.25, 0.3) is 0 Å². The van der Waals surface area contributed by atoms with Gasteiger partial charge in [0.25, 0.3) is 0 Å². The molecular formula is C22H28O2. The maximum absolute atomic E-state index is 11.2. The Hall–Kier alpha value is -2.09. The van der Waals surface area contributed by atoms with Crippen LogP contribution in [0, 0.1) is 0 Å². The topological polar surface area (TPSA) is 26.3 Å². The molecule has 0 unspecified atom stereocenters. The van der Waals surface area contributed by atoms with Gasteiger partial charge in [0.1, 0.15) is 18.6 Å². The fourth-order valence-corrected chi connectivity index (χ4v) is 2.64. The van der Waals surface area contributed by atoms with Gasteiger partial charge in [-0.1, -0.05) is 77.9 Å². The number of carbonyl (C=O) groups excluding carboxylic acids is 1. The van der Waals surface area contributed by atoms with E-state index in [4.69, 9.17) is 4.74 Å². The van der Waals surface area contributed by atoms with Crippen molar-refractivity contribution in [3.8, 4) is 5.75 Å². The van der Waals surface area contributed by atoms with Crippen molar-refractivity contribution in [1.29, 1.82) is 0 Å². The summed E-state index contributed by atoms with van der Waals surface area (Å²) < 4.78 is 6.10. The summed E-state index contributed by atoms with van der Waals surface area (Å²) >= 11 is 0. The zero-order valence-electron chi connectivity index (χ0n) is 15.6. The van der Waals surface area contributed by atoms with Crippen LogP contribution in [0.3, 0.4) is 0 Å². The Kier molecular flexibility index (Phi) is 5.17. The first-order valence-electron chi connectivity index (χ1n) is 8.44. The van der Waals surface area contributed by atoms with Crippen molar-refractivity contribution in [2.75, 3.05) is 0 Å². The van der Waals surface area contributed by atoms with Crippen molar-refractivity contribution in [3.63, 3.8) is 0 Å². The third-order valence-electron chi connectivity index (χ3n) is 4.22. The third-order valence-corrected chi connectivity index (χ3v) is 4.22. The van der Waals surface area contributed by atoms with Crippen LogP contribution in [-0.2, 0) is 17.4 Å². The number of ether oxygens (including phenoxy) is 1. The molecule has 0 radical (unpaired) electrons. The molecule has 0 saturated heterocycles. The maximum Gasteiger partial charge on any atom is 0.150 e. The minimum atomic E-state index is -0.0131. The Morgan fingerprint density at radius 3 is 2.17 bits per heavy atom. The van der Waals surface area contributed by atoms with E-state index in [0.29, 0.717) is 12.2 Å². The highest BCUT2D eigenvalue weighted by Crippen LogP contribution is 2.35. The molecule has 2 heteroatoms. The van der Waals surface area contributed by atoms with Gasteiger partial charge in [0.2, 0.25) is 0 Å². The zero-order chi connectivity index (χ0) is 18.0. The molecule has 0 atom stereocenters. The first-order valence-corrected chi connectivity index (χ1v) is 8.44. The summed E-state index contributed by atoms with van der Waals surface area (Å²) in [5.74, 6) is 0.885. The fourth-order valence-electron chi connectivity index (χ4n) is 2.64. The van der Waals surface area contributed by atoms with E-state index in [0.717, 1.165) is 17.6 Å². The molecule has 24 heavy (non-hydrogen) atoms. The van der Waals surface area contributed by atoms with E-state index >= 15 is 0 Å². The largest absolute Gasteiger partial charge is 0.489 e. The van der Waals surface area contributed by atoms with Crippen molar-refractivity contribution in [2.24, 2.45) is 0 Å². The summed E-state index contributed by atoms with van der Waals surface area (Å²) in [5, 5.41) is 0. The van der Waals surface area contributed by atoms with Crippen LogP contribution in [0.4, 0.5) is 0 Å². The third kappa shape index (κ3) is 4.25. The van der Waals surface area contributed by atoms with Crippen molar-refractivity contribution < 1.29 is 9.53 Å². The second kappa shape index (κ2) is 6.80. The summed E-state index contributed by atoms with van der Waals surface area (Å²) in [7, 11) is 0. The summed E-state index contributed by atoms with van der Waals surface area (Å²) in [6, 6.07) is 14.0. The van der Waals surface area contributed by atoms with Gasteiger partial charge in [0.15, 0.2) is 0 Å². The molecule has 0 bridgehead atoms. The van der Waals surface area contributed by atoms with Crippen LogP contribution in [0.2, 0.25) is 0 Å². The smallest absolute Gasteiger partial charge is 0.150 e. The summed E-state index contributed by atoms with van der Waals surface area (Å²) in [6.07, 6.45) is 0.881. The molecule has 2 nitrogen and oxygen atoms in total. The molecule has 0 N–H and O–H groups in total. The predicted octanol–water partition coefficient (Wildman–Crippen LogP) is 5.67. The summed E-state index contributed by atoms with van der Waals surface area (Å²) in [6.45, 7) is 13.6. The molecule has 0 amide bonds. The SMILES string of the molecule is CC(C)(C)c1ccc(OCc2ccccc2C=O)c(C(C)(C)C)c1. The van der Waals surface area contributed by atoms with Gasteiger partial charge in [-0.25, -0.2) is 0 Å². The number of carbonyl (C=O) groups is 1. The van der Waals surface area contributed by atoms with Gasteiger partial charge in [0, 0.05) is 5.56 Å². The normalized spacial score (nSPS) is 12.1. The molecule has 2 aromatic carbocycles. The highest BCUT2D eigenvalue weighted by Gasteiger charge is 2.23. The molecule has 128 valence electrons. The van der Waals surface area contributed by atoms with E-state index in [9.17, 15) is 4.79 Å². The number of aldehydes is 1. The van der Waals surface area contributed by atoms with Crippen LogP contribution < -0.4 is 4.74 Å². The van der Waals surface area contributed by atoms with E-state index in [1.54, 1.807) is 0 Å². The standard InChI is InChI=1S/C22H28O2/c1-21(2,3)18-11-12-20(19(13-18)22(4,5)6)24-15-17-10-8-7-9-16(17)14-23/h7-14H,15H2,1-6H3. The molecule has 0 aliphatic rings. The lowest BCUT2D eigenvalue weighted by atomic mass is 9.80. The number of hydrogen-bond donors (Lipinski definition) is 0. The van der Waals surface area contributed by atoms with Gasteiger partial charge in [0.05, 0.1) is 0 Å². The average Bonchev–Trinajstić information content (AvgIpc) is 2.51. The lowest BCUT2D eigenvalue weighted by Gasteiger charge is -2.27. The maximum atomic E-state index is 11.2. The Bertz CT molecular complexity index is 715. The van der Waals surface area contributed by atoms with E-state index in [-0.39, 0.29) is 10.8 Å². The van der Waals surface area contributed by atoms with E-state index in [1.807, 2.05) is 24.3 Å². The molecule has 0 spiro atoms. The van der Waals surface area contributed by atoms with Gasteiger partial charge in [-0.15, -0.1) is 0 Å². The molecule has 0 aliphatic carbocycles. The Morgan fingerprint density at radius 2 is 1.58 bits per heavy atom. The highest BCUT2D eigenvalue weighted by atomic mass is 16.5. The number of hydrogen-bond acceptors (Lipinski definition) is 2. The quantitative estimate of drug-likeness (QED) is 0.677. The van der Waals surface area contributed by atoms with Gasteiger partial charge in [-0.2, -0.15) is 0 Å². The predicted molar refractivity (Wildman–Crippen MR) is 100 cm³/mol. The second-order valence-electron chi connectivity index (χ2n) is 8.32. The van der Waals surface area contributed by atoms with Crippen LogP contribution in [-0.4, -0.2) is 6.29 Å². The first-order chi connectivity index (χ1) is 11.1. The van der Waals surface area contributed by atoms with Crippen molar-refractivity contribution >= 4 is 6.29 Å². The molecule has 2 rings (SSSR count). The highest BCUT2D eigenvalue weighted by molar-refractivity contribution is 5.77. The van der Waals surface area contributed by atoms with Gasteiger partial charge in [-0.05, 0) is 33.6 Å². The Balaban J connectivity index is 2.34. The molecular weight excluding hydrogens is 296 g/mol. The van der Waals surface area contributed by atoms with Crippen LogP contribution in [0.15, 0.2) is 42.5 Å². The Morgan fingerprint density at radius 1 is 0.917 bits per heavy atom. The van der Waals surface area contributed by atoms with Crippen molar-refractivity contribution in [2.45, 2.75) is 59.0 Å². The number of rotatable bonds is 4. The lowest BCUT2D eigenvalue weighted by molar-refractivity contribution is 0.112. The van der Waals surface area contributed by atoms with Crippen molar-refractivity contribution in [1.82, 2.24) is 0 Å². The van der Waals surface area contributed by atoms with E-state index < -0.39 is 0 Å². The first kappa shape index (κ1) is 18.3. The van der Waals surface area contributed by atoms with Gasteiger partial charge >= 0.3 is 0 Å². The van der Waals surface area contributed by atoms with E-state index in [2.05, 4.69) is 59.7 Å². The molecule has 0 aliphatic heterocycles. The monoisotopic (exact) mass is 324 g/mol. The lowest BCUT2D eigenvalue weighted by Crippen LogP contribution is -2.17.